The quantitative estimate of drug-likeness (QED) is 0.0902. The molecule has 2 N–H and O–H groups in total. The summed E-state index contributed by atoms with van der Waals surface area (Å²) in [6.07, 6.45) is 8.29. The summed E-state index contributed by atoms with van der Waals surface area (Å²) in [7, 11) is 1.74. The third kappa shape index (κ3) is 17.5. The zero-order valence-corrected chi connectivity index (χ0v) is 44.2. The van der Waals surface area contributed by atoms with Crippen LogP contribution in [0.1, 0.15) is 150 Å². The number of Topliss-reactive ketones (excluding diaryl/α,β-unsaturated/α-hetero) is 1. The van der Waals surface area contributed by atoms with Crippen LogP contribution in [0.5, 0.6) is 0 Å². The van der Waals surface area contributed by atoms with Crippen molar-refractivity contribution in [3.05, 3.63) is 71.3 Å². The maximum atomic E-state index is 14.3. The van der Waals surface area contributed by atoms with Crippen LogP contribution < -0.4 is 10.6 Å². The summed E-state index contributed by atoms with van der Waals surface area (Å²) in [4.78, 5) is 90.2. The van der Waals surface area contributed by atoms with Gasteiger partial charge in [-0.15, -0.1) is 0 Å². The number of hydrogen-bond donors (Lipinski definition) is 2. The number of likely N-dealkylation sites (N-methyl/N-ethyl adjacent to an activating group) is 1. The molecule has 2 aliphatic heterocycles. The van der Waals surface area contributed by atoms with Crippen LogP contribution in [-0.4, -0.2) is 125 Å². The zero-order valence-electron chi connectivity index (χ0n) is 44.2. The molecule has 2 heterocycles. The average molecular weight is 977 g/mol. The van der Waals surface area contributed by atoms with E-state index in [4.69, 9.17) is 0 Å². The summed E-state index contributed by atoms with van der Waals surface area (Å²) in [6.45, 7) is 20.1. The zero-order chi connectivity index (χ0) is 51.8. The SMILES string of the molecule is CC[C@@H](C)C(=O)N[C@H](C(=O)N1CCC[C@H]1CN(CCc1ccc(F)cc1)C(=O)CCCCCCC(=O)N(CCc1ccc(F)cc1)C[C@@H]1CCCN1C(=O)[C@@H](CC(=O)[C@H](C)NC)C(C)(C)C)C(C)(C)C. The highest BCUT2D eigenvalue weighted by Crippen LogP contribution is 2.34. The van der Waals surface area contributed by atoms with E-state index >= 15 is 0 Å². The number of carbonyl (C=O) groups is 6. The van der Waals surface area contributed by atoms with Gasteiger partial charge in [-0.05, 0) is 118 Å². The Bertz CT molecular complexity index is 1870. The predicted molar refractivity (Wildman–Crippen MR) is 272 cm³/mol. The molecule has 2 aromatic rings. The number of benzene rings is 2. The molecule has 0 radical (unpaired) electrons. The summed E-state index contributed by atoms with van der Waals surface area (Å²) >= 11 is 0. The maximum absolute atomic E-state index is 14.3. The molecule has 0 unspecified atom stereocenters. The van der Waals surface area contributed by atoms with E-state index in [9.17, 15) is 37.5 Å². The summed E-state index contributed by atoms with van der Waals surface area (Å²) in [5.41, 5.74) is 0.843. The summed E-state index contributed by atoms with van der Waals surface area (Å²) in [6, 6.07) is 11.1. The van der Waals surface area contributed by atoms with Crippen molar-refractivity contribution < 1.29 is 37.5 Å². The Labute approximate surface area is 418 Å². The first kappa shape index (κ1) is 57.9. The van der Waals surface area contributed by atoms with Gasteiger partial charge < -0.3 is 30.2 Å². The number of nitrogens with one attached hydrogen (secondary N) is 2. The molecule has 5 amide bonds. The first-order chi connectivity index (χ1) is 33.0. The molecule has 4 rings (SSSR count). The van der Waals surface area contributed by atoms with E-state index in [0.29, 0.717) is 84.2 Å². The molecule has 2 fully saturated rings. The van der Waals surface area contributed by atoms with Crippen LogP contribution in [0.25, 0.3) is 0 Å². The highest BCUT2D eigenvalue weighted by Gasteiger charge is 2.42. The summed E-state index contributed by atoms with van der Waals surface area (Å²) < 4.78 is 27.5. The smallest absolute Gasteiger partial charge is 0.246 e. The van der Waals surface area contributed by atoms with Gasteiger partial charge in [0.2, 0.25) is 29.5 Å². The molecule has 14 heteroatoms. The first-order valence-electron chi connectivity index (χ1n) is 26.2. The topological polar surface area (TPSA) is 139 Å². The largest absolute Gasteiger partial charge is 0.344 e. The number of nitrogens with zero attached hydrogens (tertiary/aromatic N) is 4. The van der Waals surface area contributed by atoms with Crippen LogP contribution in [-0.2, 0) is 41.6 Å². The second-order valence-electron chi connectivity index (χ2n) is 22.2. The number of hydrogen-bond acceptors (Lipinski definition) is 7. The molecular formula is C56H86F2N6O6. The molecular weight excluding hydrogens is 891 g/mol. The molecule has 0 aromatic heterocycles. The van der Waals surface area contributed by atoms with Crippen LogP contribution >= 0.6 is 0 Å². The number of rotatable bonds is 26. The van der Waals surface area contributed by atoms with Crippen LogP contribution in [0, 0.1) is 34.3 Å². The Morgan fingerprint density at radius 2 is 1.11 bits per heavy atom. The lowest BCUT2D eigenvalue weighted by molar-refractivity contribution is -0.144. The van der Waals surface area contributed by atoms with Gasteiger partial charge in [-0.25, -0.2) is 8.78 Å². The first-order valence-corrected chi connectivity index (χ1v) is 26.2. The normalized spacial score (nSPS) is 18.0. The molecule has 6 atom stereocenters. The van der Waals surface area contributed by atoms with Gasteiger partial charge in [0, 0.05) is 82.5 Å². The van der Waals surface area contributed by atoms with Gasteiger partial charge in [0.1, 0.15) is 23.5 Å². The minimum absolute atomic E-state index is 0.00868. The number of halogens is 2. The van der Waals surface area contributed by atoms with Crippen molar-refractivity contribution >= 4 is 35.3 Å². The lowest BCUT2D eigenvalue weighted by Gasteiger charge is -2.37. The van der Waals surface area contributed by atoms with Crippen molar-refractivity contribution in [2.75, 3.05) is 46.3 Å². The fourth-order valence-corrected chi connectivity index (χ4v) is 9.62. The van der Waals surface area contributed by atoms with Gasteiger partial charge in [-0.1, -0.05) is 92.5 Å². The van der Waals surface area contributed by atoms with E-state index < -0.39 is 22.8 Å². The van der Waals surface area contributed by atoms with Crippen LogP contribution in [0.4, 0.5) is 8.78 Å². The van der Waals surface area contributed by atoms with Crippen molar-refractivity contribution in [3.63, 3.8) is 0 Å². The molecule has 0 bridgehead atoms. The Morgan fingerprint density at radius 3 is 1.51 bits per heavy atom. The number of amides is 5. The second-order valence-corrected chi connectivity index (χ2v) is 22.2. The molecule has 2 saturated heterocycles. The van der Waals surface area contributed by atoms with E-state index in [1.54, 1.807) is 31.3 Å². The minimum Gasteiger partial charge on any atom is -0.344 e. The molecule has 390 valence electrons. The highest BCUT2D eigenvalue weighted by atomic mass is 19.1. The average Bonchev–Trinajstić information content (AvgIpc) is 4.00. The van der Waals surface area contributed by atoms with Crippen molar-refractivity contribution in [3.8, 4) is 0 Å². The third-order valence-corrected chi connectivity index (χ3v) is 14.7. The molecule has 0 saturated carbocycles. The third-order valence-electron chi connectivity index (χ3n) is 14.7. The Kier molecular flexibility index (Phi) is 22.5. The van der Waals surface area contributed by atoms with E-state index in [0.717, 1.165) is 49.7 Å². The van der Waals surface area contributed by atoms with Crippen molar-refractivity contribution in [2.24, 2.45) is 22.7 Å². The maximum Gasteiger partial charge on any atom is 0.246 e. The van der Waals surface area contributed by atoms with Gasteiger partial charge in [0.05, 0.1) is 6.04 Å². The van der Waals surface area contributed by atoms with Crippen LogP contribution in [0.15, 0.2) is 48.5 Å². The molecule has 2 aromatic carbocycles. The second kappa shape index (κ2) is 27.2. The van der Waals surface area contributed by atoms with Gasteiger partial charge in [0.15, 0.2) is 0 Å². The van der Waals surface area contributed by atoms with Crippen LogP contribution in [0.3, 0.4) is 0 Å². The molecule has 0 spiro atoms. The lowest BCUT2D eigenvalue weighted by atomic mass is 9.76. The Hall–Kier alpha value is -4.72. The highest BCUT2D eigenvalue weighted by molar-refractivity contribution is 5.91. The fourth-order valence-electron chi connectivity index (χ4n) is 9.62. The van der Waals surface area contributed by atoms with Crippen molar-refractivity contribution in [1.29, 1.82) is 0 Å². The number of unbranched alkanes of at least 4 members (excludes halogenated alkanes) is 3. The monoisotopic (exact) mass is 977 g/mol. The number of likely N-dealkylation sites (tertiary alicyclic amines) is 2. The predicted octanol–water partition coefficient (Wildman–Crippen LogP) is 8.54. The molecule has 70 heavy (non-hydrogen) atoms. The Balaban J connectivity index is 1.39. The Morgan fingerprint density at radius 1 is 0.671 bits per heavy atom. The van der Waals surface area contributed by atoms with Gasteiger partial charge >= 0.3 is 0 Å². The van der Waals surface area contributed by atoms with Crippen molar-refractivity contribution in [2.45, 2.75) is 176 Å². The number of carbonyl (C=O) groups excluding carboxylic acids is 6. The lowest BCUT2D eigenvalue weighted by Crippen LogP contribution is -2.57. The summed E-state index contributed by atoms with van der Waals surface area (Å²) in [5, 5.41) is 6.04. The molecule has 0 aliphatic carbocycles. The minimum atomic E-state index is -0.713. The van der Waals surface area contributed by atoms with Gasteiger partial charge in [-0.2, -0.15) is 0 Å². The van der Waals surface area contributed by atoms with Crippen molar-refractivity contribution in [1.82, 2.24) is 30.2 Å². The standard InChI is InChI=1S/C56H86F2N6O6/c1-11-39(2)52(68)60-51(56(7,8)9)54(70)64-33-17-19-46(64)38-62(35-31-42-24-28-44(58)29-25-42)50(67)21-15-13-12-14-20-49(66)61(34-30-41-22-26-43(57)27-23-41)37-45-18-16-32-63(45)53(69)47(55(4,5)6)36-48(65)40(3)59-10/h22-29,39-40,45-47,51,59H,11-21,30-38H2,1-10H3,(H,60,68)/t39-,40+,45+,46+,47-,51-/m1/s1. The van der Waals surface area contributed by atoms with E-state index in [1.165, 1.54) is 24.3 Å². The van der Waals surface area contributed by atoms with Crippen LogP contribution in [0.2, 0.25) is 0 Å². The van der Waals surface area contributed by atoms with Gasteiger partial charge in [-0.3, -0.25) is 28.8 Å². The molecule has 12 nitrogen and oxygen atoms in total. The van der Waals surface area contributed by atoms with Gasteiger partial charge in [0.25, 0.3) is 0 Å². The van der Waals surface area contributed by atoms with E-state index in [-0.39, 0.29) is 77.4 Å². The van der Waals surface area contributed by atoms with E-state index in [2.05, 4.69) is 10.6 Å². The molecule has 2 aliphatic rings. The fraction of sp³-hybridized carbons (Fsp3) is 0.679. The summed E-state index contributed by atoms with van der Waals surface area (Å²) in [5.74, 6) is -1.75. The number of ketones is 1. The van der Waals surface area contributed by atoms with E-state index in [1.807, 2.05) is 81.9 Å².